The van der Waals surface area contributed by atoms with E-state index < -0.39 is 0 Å². The van der Waals surface area contributed by atoms with Gasteiger partial charge >= 0.3 is 0 Å². The van der Waals surface area contributed by atoms with E-state index in [-0.39, 0.29) is 0 Å². The fraction of sp³-hybridized carbons (Fsp3) is 0.222. The van der Waals surface area contributed by atoms with Gasteiger partial charge in [-0.25, -0.2) is 0 Å². The fourth-order valence-corrected chi connectivity index (χ4v) is 4.50. The number of hydrogen-bond donors (Lipinski definition) is 1. The number of benzene rings is 2. The average Bonchev–Trinajstić information content (AvgIpc) is 2.80. The molecule has 1 aromatic heterocycles. The molecule has 2 aromatic carbocycles. The summed E-state index contributed by atoms with van der Waals surface area (Å²) in [5.41, 5.74) is 3.72. The number of nitrogens with zero attached hydrogens (tertiary/aromatic N) is 2. The molecule has 0 radical (unpaired) electrons. The molecule has 0 saturated carbocycles. The topological polar surface area (TPSA) is 23.7 Å². The highest BCUT2D eigenvalue weighted by Gasteiger charge is 2.10. The maximum atomic E-state index is 2.36. The van der Waals surface area contributed by atoms with E-state index in [1.54, 1.807) is 0 Å². The van der Waals surface area contributed by atoms with Gasteiger partial charge in [0.2, 0.25) is 5.03 Å². The second-order valence-electron chi connectivity index (χ2n) is 7.45. The van der Waals surface area contributed by atoms with Crippen molar-refractivity contribution in [3.8, 4) is 0 Å². The van der Waals surface area contributed by atoms with Gasteiger partial charge in [0.25, 0.3) is 0 Å². The van der Waals surface area contributed by atoms with Gasteiger partial charge in [-0.3, -0.25) is 0 Å². The van der Waals surface area contributed by atoms with Crippen molar-refractivity contribution < 1.29 is 9.88 Å². The Balaban J connectivity index is 1.78. The molecule has 0 amide bonds. The lowest BCUT2D eigenvalue weighted by molar-refractivity contribution is -0.708. The number of allylic oxidation sites excluding steroid dienone is 4. The minimum Gasteiger partial charge on any atom is -0.373 e. The summed E-state index contributed by atoms with van der Waals surface area (Å²) in [5, 5.41) is 5.91. The Kier molecular flexibility index (Phi) is 8.51. The lowest BCUT2D eigenvalue weighted by Crippen LogP contribution is -2.72. The van der Waals surface area contributed by atoms with Gasteiger partial charge in [0.05, 0.1) is 13.2 Å². The Bertz CT molecular complexity index is 1100. The van der Waals surface area contributed by atoms with Crippen molar-refractivity contribution in [2.24, 2.45) is 7.05 Å². The van der Waals surface area contributed by atoms with Crippen LogP contribution in [0.15, 0.2) is 95.8 Å². The van der Waals surface area contributed by atoms with Crippen LogP contribution >= 0.6 is 11.8 Å². The summed E-state index contributed by atoms with van der Waals surface area (Å²) < 4.78 is 2.17. The molecular formula is C27H33N3S+2. The lowest BCUT2D eigenvalue weighted by atomic mass is 10.0. The fourth-order valence-electron chi connectivity index (χ4n) is 3.49. The first-order valence-electron chi connectivity index (χ1n) is 10.7. The summed E-state index contributed by atoms with van der Waals surface area (Å²) >= 11 is 1.89. The number of anilines is 1. The molecule has 31 heavy (non-hydrogen) atoms. The van der Waals surface area contributed by atoms with Crippen molar-refractivity contribution in [3.05, 3.63) is 96.4 Å². The lowest BCUT2D eigenvalue weighted by Gasteiger charge is -2.21. The summed E-state index contributed by atoms with van der Waals surface area (Å²) in [6.45, 7) is 3.06. The van der Waals surface area contributed by atoms with Crippen LogP contribution < -0.4 is 14.8 Å². The van der Waals surface area contributed by atoms with E-state index in [2.05, 4.69) is 122 Å². The Morgan fingerprint density at radius 1 is 1.03 bits per heavy atom. The molecule has 0 unspecified atom stereocenters. The Hall–Kier alpha value is -2.82. The molecule has 0 aliphatic rings. The average molecular weight is 432 g/mol. The first kappa shape index (κ1) is 22.9. The molecule has 3 nitrogen and oxygen atoms in total. The molecule has 0 bridgehead atoms. The third-order valence-electron chi connectivity index (χ3n) is 5.30. The molecule has 1 heterocycles. The number of quaternary nitrogens is 1. The van der Waals surface area contributed by atoms with Gasteiger partial charge in [-0.1, -0.05) is 60.3 Å². The van der Waals surface area contributed by atoms with Crippen LogP contribution in [0.5, 0.6) is 0 Å². The third kappa shape index (κ3) is 6.09. The van der Waals surface area contributed by atoms with Gasteiger partial charge in [0.1, 0.15) is 7.05 Å². The van der Waals surface area contributed by atoms with Crippen LogP contribution in [0.25, 0.3) is 16.8 Å². The summed E-state index contributed by atoms with van der Waals surface area (Å²) in [6.07, 6.45) is 12.8. The van der Waals surface area contributed by atoms with Crippen molar-refractivity contribution in [1.29, 1.82) is 0 Å². The molecule has 4 heteroatoms. The summed E-state index contributed by atoms with van der Waals surface area (Å²) in [4.78, 5) is 2.36. The molecule has 0 spiro atoms. The van der Waals surface area contributed by atoms with E-state index in [1.165, 1.54) is 32.6 Å². The first-order chi connectivity index (χ1) is 15.1. The molecular weight excluding hydrogens is 398 g/mol. The van der Waals surface area contributed by atoms with Gasteiger partial charge in [-0.15, -0.1) is 0 Å². The summed E-state index contributed by atoms with van der Waals surface area (Å²) in [5.74, 6) is 1.04. The van der Waals surface area contributed by atoms with Crippen molar-refractivity contribution >= 4 is 34.3 Å². The van der Waals surface area contributed by atoms with Crippen molar-refractivity contribution in [2.45, 2.75) is 11.9 Å². The Morgan fingerprint density at radius 2 is 1.81 bits per heavy atom. The van der Waals surface area contributed by atoms with Crippen LogP contribution in [-0.4, -0.2) is 26.4 Å². The molecule has 0 aliphatic carbocycles. The number of fused-ring (bicyclic) bond motifs is 1. The van der Waals surface area contributed by atoms with E-state index in [4.69, 9.17) is 0 Å². The van der Waals surface area contributed by atoms with Gasteiger partial charge in [-0.05, 0) is 41.7 Å². The minimum atomic E-state index is 0.986. The molecule has 0 aliphatic heterocycles. The molecule has 2 N–H and O–H groups in total. The van der Waals surface area contributed by atoms with Crippen molar-refractivity contribution in [1.82, 2.24) is 0 Å². The molecule has 0 atom stereocenters. The van der Waals surface area contributed by atoms with Crippen molar-refractivity contribution in [2.75, 3.05) is 31.3 Å². The van der Waals surface area contributed by atoms with Gasteiger partial charge < -0.3 is 10.2 Å². The van der Waals surface area contributed by atoms with Crippen LogP contribution in [-0.2, 0) is 7.05 Å². The van der Waals surface area contributed by atoms with Crippen LogP contribution in [0.1, 0.15) is 12.5 Å². The smallest absolute Gasteiger partial charge is 0.239 e. The third-order valence-corrected chi connectivity index (χ3v) is 6.41. The predicted octanol–water partition coefficient (Wildman–Crippen LogP) is 4.56. The van der Waals surface area contributed by atoms with E-state index >= 15 is 0 Å². The van der Waals surface area contributed by atoms with E-state index in [0.717, 1.165) is 12.3 Å². The van der Waals surface area contributed by atoms with Crippen LogP contribution in [0.2, 0.25) is 0 Å². The quantitative estimate of drug-likeness (QED) is 0.305. The number of nitrogens with two attached hydrogens (primary N) is 1. The predicted molar refractivity (Wildman–Crippen MR) is 135 cm³/mol. The number of thioether (sulfide) groups is 1. The van der Waals surface area contributed by atoms with E-state index in [9.17, 15) is 0 Å². The number of rotatable bonds is 9. The van der Waals surface area contributed by atoms with Gasteiger partial charge in [0, 0.05) is 42.6 Å². The Morgan fingerprint density at radius 3 is 2.55 bits per heavy atom. The Labute approximate surface area is 190 Å². The van der Waals surface area contributed by atoms with Crippen LogP contribution in [0.3, 0.4) is 0 Å². The largest absolute Gasteiger partial charge is 0.373 e. The zero-order chi connectivity index (χ0) is 22.1. The molecule has 0 fully saturated rings. The highest BCUT2D eigenvalue weighted by molar-refractivity contribution is 7.99. The molecule has 3 rings (SSSR count). The second kappa shape index (κ2) is 11.5. The minimum absolute atomic E-state index is 0.986. The zero-order valence-corrected chi connectivity index (χ0v) is 19.8. The second-order valence-corrected chi connectivity index (χ2v) is 8.57. The summed E-state index contributed by atoms with van der Waals surface area (Å²) in [6, 6.07) is 19.5. The monoisotopic (exact) mass is 431 g/mol. The van der Waals surface area contributed by atoms with E-state index in [0.29, 0.717) is 0 Å². The molecule has 0 saturated heterocycles. The zero-order valence-electron chi connectivity index (χ0n) is 19.0. The van der Waals surface area contributed by atoms with Gasteiger partial charge in [0.15, 0.2) is 6.20 Å². The van der Waals surface area contributed by atoms with Crippen LogP contribution in [0.4, 0.5) is 5.69 Å². The number of aryl methyl sites for hydroxylation is 1. The van der Waals surface area contributed by atoms with Crippen LogP contribution in [0, 0.1) is 0 Å². The van der Waals surface area contributed by atoms with Crippen molar-refractivity contribution in [3.63, 3.8) is 0 Å². The highest BCUT2D eigenvalue weighted by Crippen LogP contribution is 2.30. The standard InChI is InChI=1S/C27H32N3S/c1-5-22(17-18-28-2)13-14-23-15-16-26(25-11-7-6-10-24(23)25)29(3)20-21-31-27-12-8-9-19-30(27)4/h5-19,28H,20-21H2,1-4H3/q+1/p+1/b14-13+,18-17-,22-5-. The maximum Gasteiger partial charge on any atom is 0.239 e. The first-order valence-corrected chi connectivity index (χ1v) is 11.7. The summed E-state index contributed by atoms with van der Waals surface area (Å²) in [7, 11) is 6.32. The normalized spacial score (nSPS) is 12.3. The highest BCUT2D eigenvalue weighted by atomic mass is 32.2. The number of hydrogen-bond acceptors (Lipinski definition) is 2. The molecule has 160 valence electrons. The van der Waals surface area contributed by atoms with E-state index in [1.807, 2.05) is 24.1 Å². The number of pyridine rings is 1. The SMILES string of the molecule is C/C=C(\C=C/[NH2+]C)/C=C/c1ccc(N(C)CCSc2cccc[n+]2C)c2ccccc12. The maximum absolute atomic E-state index is 2.36. The number of aromatic nitrogens is 1. The van der Waals surface area contributed by atoms with Gasteiger partial charge in [-0.2, -0.15) is 4.57 Å². The molecule has 3 aromatic rings.